The number of fused-ring (bicyclic) bond motifs is 3. The van der Waals surface area contributed by atoms with Gasteiger partial charge in [0.2, 0.25) is 0 Å². The van der Waals surface area contributed by atoms with E-state index in [2.05, 4.69) is 46.4 Å². The molecule has 1 N–H and O–H groups in total. The second-order valence-corrected chi connectivity index (χ2v) is 5.43. The Morgan fingerprint density at radius 3 is 2.55 bits per heavy atom. The topological polar surface area (TPSA) is 37.9 Å². The average molecular weight is 288 g/mol. The summed E-state index contributed by atoms with van der Waals surface area (Å²) in [6.07, 6.45) is 0. The first-order chi connectivity index (χ1) is 10.8. The minimum Gasteiger partial charge on any atom is -0.497 e. The van der Waals surface area contributed by atoms with Crippen molar-refractivity contribution in [2.45, 2.75) is 6.92 Å². The molecule has 3 heteroatoms. The van der Waals surface area contributed by atoms with Crippen LogP contribution in [0.2, 0.25) is 0 Å². The van der Waals surface area contributed by atoms with Gasteiger partial charge in [-0.2, -0.15) is 0 Å². The number of para-hydroxylation sites is 1. The number of aromatic amines is 1. The number of ether oxygens (including phenoxy) is 1. The summed E-state index contributed by atoms with van der Waals surface area (Å²) in [5, 5.41) is 2.38. The number of aryl methyl sites for hydroxylation is 1. The van der Waals surface area contributed by atoms with E-state index in [4.69, 9.17) is 4.74 Å². The Bertz CT molecular complexity index is 968. The molecule has 0 saturated heterocycles. The maximum absolute atomic E-state index is 5.25. The number of benzene rings is 2. The van der Waals surface area contributed by atoms with Crippen LogP contribution in [-0.2, 0) is 0 Å². The maximum Gasteiger partial charge on any atom is 0.139 e. The Labute approximate surface area is 128 Å². The zero-order valence-electron chi connectivity index (χ0n) is 12.6. The zero-order chi connectivity index (χ0) is 15.1. The summed E-state index contributed by atoms with van der Waals surface area (Å²) in [6.45, 7) is 2.03. The number of pyridine rings is 1. The predicted octanol–water partition coefficient (Wildman–Crippen LogP) is 4.70. The second-order valence-electron chi connectivity index (χ2n) is 5.43. The summed E-state index contributed by atoms with van der Waals surface area (Å²) in [5.74, 6) is 0.865. The highest BCUT2D eigenvalue weighted by Gasteiger charge is 2.12. The molecule has 0 atom stereocenters. The fourth-order valence-corrected chi connectivity index (χ4v) is 2.97. The Balaban J connectivity index is 2.06. The van der Waals surface area contributed by atoms with Crippen molar-refractivity contribution in [3.63, 3.8) is 0 Å². The van der Waals surface area contributed by atoms with E-state index < -0.39 is 0 Å². The minimum atomic E-state index is 0.865. The van der Waals surface area contributed by atoms with Gasteiger partial charge in [0, 0.05) is 22.0 Å². The van der Waals surface area contributed by atoms with Gasteiger partial charge < -0.3 is 9.72 Å². The first kappa shape index (κ1) is 12.9. The van der Waals surface area contributed by atoms with Crippen molar-refractivity contribution in [2.75, 3.05) is 7.11 Å². The van der Waals surface area contributed by atoms with Gasteiger partial charge in [-0.05, 0) is 42.3 Å². The smallest absolute Gasteiger partial charge is 0.139 e. The lowest BCUT2D eigenvalue weighted by atomic mass is 10.0. The molecule has 4 aromatic rings. The monoisotopic (exact) mass is 288 g/mol. The van der Waals surface area contributed by atoms with E-state index in [1.807, 2.05) is 25.1 Å². The molecule has 0 saturated carbocycles. The Morgan fingerprint density at radius 1 is 1.00 bits per heavy atom. The van der Waals surface area contributed by atoms with Gasteiger partial charge >= 0.3 is 0 Å². The van der Waals surface area contributed by atoms with Gasteiger partial charge in [-0.25, -0.2) is 4.98 Å². The highest BCUT2D eigenvalue weighted by Crippen LogP contribution is 2.34. The van der Waals surface area contributed by atoms with Gasteiger partial charge in [-0.3, -0.25) is 0 Å². The quantitative estimate of drug-likeness (QED) is 0.580. The molecule has 3 nitrogen and oxygen atoms in total. The summed E-state index contributed by atoms with van der Waals surface area (Å²) in [6, 6.07) is 18.6. The number of nitrogens with zero attached hydrogens (tertiary/aromatic N) is 1. The van der Waals surface area contributed by atoms with Crippen molar-refractivity contribution in [3.8, 4) is 16.9 Å². The molecular weight excluding hydrogens is 272 g/mol. The first-order valence-electron chi connectivity index (χ1n) is 7.29. The number of aromatic nitrogens is 2. The van der Waals surface area contributed by atoms with Gasteiger partial charge in [-0.15, -0.1) is 0 Å². The molecule has 0 fully saturated rings. The fourth-order valence-electron chi connectivity index (χ4n) is 2.97. The van der Waals surface area contributed by atoms with Crippen molar-refractivity contribution in [1.29, 1.82) is 0 Å². The van der Waals surface area contributed by atoms with Crippen LogP contribution in [-0.4, -0.2) is 17.1 Å². The minimum absolute atomic E-state index is 0.865. The van der Waals surface area contributed by atoms with Gasteiger partial charge in [0.25, 0.3) is 0 Å². The fraction of sp³-hybridized carbons (Fsp3) is 0.105. The van der Waals surface area contributed by atoms with Crippen molar-refractivity contribution in [1.82, 2.24) is 9.97 Å². The summed E-state index contributed by atoms with van der Waals surface area (Å²) in [7, 11) is 1.68. The molecule has 0 spiro atoms. The van der Waals surface area contributed by atoms with Crippen LogP contribution in [0, 0.1) is 6.92 Å². The van der Waals surface area contributed by atoms with Crippen LogP contribution in [0.15, 0.2) is 54.6 Å². The summed E-state index contributed by atoms with van der Waals surface area (Å²) in [4.78, 5) is 8.07. The molecular formula is C19H16N2O. The number of hydrogen-bond acceptors (Lipinski definition) is 2. The van der Waals surface area contributed by atoms with E-state index in [1.165, 1.54) is 21.9 Å². The van der Waals surface area contributed by atoms with E-state index in [9.17, 15) is 0 Å². The zero-order valence-corrected chi connectivity index (χ0v) is 12.6. The van der Waals surface area contributed by atoms with Gasteiger partial charge in [-0.1, -0.05) is 30.3 Å². The third-order valence-electron chi connectivity index (χ3n) is 4.00. The third-order valence-corrected chi connectivity index (χ3v) is 4.00. The average Bonchev–Trinajstić information content (AvgIpc) is 2.92. The third kappa shape index (κ3) is 1.94. The summed E-state index contributed by atoms with van der Waals surface area (Å²) >= 11 is 0. The number of methoxy groups -OCH3 is 1. The highest BCUT2D eigenvalue weighted by atomic mass is 16.5. The number of hydrogen-bond donors (Lipinski definition) is 1. The van der Waals surface area contributed by atoms with Crippen molar-refractivity contribution in [3.05, 3.63) is 60.3 Å². The lowest BCUT2D eigenvalue weighted by Gasteiger charge is -2.07. The molecule has 0 aliphatic carbocycles. The van der Waals surface area contributed by atoms with Crippen molar-refractivity contribution >= 4 is 21.9 Å². The number of rotatable bonds is 2. The Kier molecular flexibility index (Phi) is 2.86. The molecule has 0 amide bonds. The molecule has 2 aromatic heterocycles. The highest BCUT2D eigenvalue weighted by molar-refractivity contribution is 6.13. The van der Waals surface area contributed by atoms with Crippen molar-refractivity contribution < 1.29 is 4.74 Å². The normalized spacial score (nSPS) is 11.2. The van der Waals surface area contributed by atoms with Gasteiger partial charge in [0.05, 0.1) is 7.11 Å². The Hall–Kier alpha value is -2.81. The van der Waals surface area contributed by atoms with Crippen LogP contribution in [0.3, 0.4) is 0 Å². The lowest BCUT2D eigenvalue weighted by molar-refractivity contribution is 0.415. The van der Waals surface area contributed by atoms with E-state index in [-0.39, 0.29) is 0 Å². The standard InChI is InChI=1S/C19H16N2O/c1-12-11-16(13-7-9-14(22-2)10-8-13)18-15-5-3-4-6-17(15)21-19(18)20-12/h3-11H,1-2H3,(H,20,21). The van der Waals surface area contributed by atoms with E-state index in [0.29, 0.717) is 0 Å². The first-order valence-corrected chi connectivity index (χ1v) is 7.29. The number of H-pyrrole nitrogens is 1. The van der Waals surface area contributed by atoms with Gasteiger partial charge in [0.15, 0.2) is 0 Å². The number of nitrogens with one attached hydrogen (secondary N) is 1. The summed E-state index contributed by atoms with van der Waals surface area (Å²) < 4.78 is 5.25. The van der Waals surface area contributed by atoms with Crippen LogP contribution >= 0.6 is 0 Å². The van der Waals surface area contributed by atoms with Crippen LogP contribution in [0.25, 0.3) is 33.1 Å². The second kappa shape index (κ2) is 4.88. The van der Waals surface area contributed by atoms with E-state index >= 15 is 0 Å². The van der Waals surface area contributed by atoms with Gasteiger partial charge in [0.1, 0.15) is 11.4 Å². The SMILES string of the molecule is COc1ccc(-c2cc(C)nc3[nH]c4ccccc4c23)cc1. The van der Waals surface area contributed by atoms with Crippen molar-refractivity contribution in [2.24, 2.45) is 0 Å². The molecule has 0 unspecified atom stereocenters. The molecule has 4 rings (SSSR count). The molecule has 0 radical (unpaired) electrons. The van der Waals surface area contributed by atoms with Crippen LogP contribution in [0.1, 0.15) is 5.69 Å². The maximum atomic E-state index is 5.25. The molecule has 0 aliphatic rings. The lowest BCUT2D eigenvalue weighted by Crippen LogP contribution is -1.88. The Morgan fingerprint density at radius 2 is 1.77 bits per heavy atom. The molecule has 2 aromatic carbocycles. The van der Waals surface area contributed by atoms with E-state index in [1.54, 1.807) is 7.11 Å². The predicted molar refractivity (Wildman–Crippen MR) is 90.3 cm³/mol. The van der Waals surface area contributed by atoms with Crippen LogP contribution < -0.4 is 4.74 Å². The van der Waals surface area contributed by atoms with E-state index in [0.717, 1.165) is 22.6 Å². The molecule has 0 bridgehead atoms. The molecule has 108 valence electrons. The molecule has 22 heavy (non-hydrogen) atoms. The molecule has 2 heterocycles. The summed E-state index contributed by atoms with van der Waals surface area (Å²) in [5.41, 5.74) is 5.42. The molecule has 0 aliphatic heterocycles. The van der Waals surface area contributed by atoms with Crippen LogP contribution in [0.4, 0.5) is 0 Å². The largest absolute Gasteiger partial charge is 0.497 e. The van der Waals surface area contributed by atoms with Crippen LogP contribution in [0.5, 0.6) is 5.75 Å².